The van der Waals surface area contributed by atoms with Gasteiger partial charge in [0.15, 0.2) is 5.58 Å². The predicted octanol–water partition coefficient (Wildman–Crippen LogP) is 1.92. The molecule has 0 atom stereocenters. The third kappa shape index (κ3) is 2.18. The van der Waals surface area contributed by atoms with Crippen LogP contribution in [0, 0.1) is 17.1 Å². The first-order valence-corrected chi connectivity index (χ1v) is 4.79. The van der Waals surface area contributed by atoms with Crippen molar-refractivity contribution in [1.82, 2.24) is 9.88 Å². The number of benzene rings is 1. The maximum atomic E-state index is 12.9. The summed E-state index contributed by atoms with van der Waals surface area (Å²) in [4.78, 5) is 5.90. The Bertz CT molecular complexity index is 544. The van der Waals surface area contributed by atoms with Gasteiger partial charge in [-0.05, 0) is 19.2 Å². The summed E-state index contributed by atoms with van der Waals surface area (Å²) in [6.07, 6.45) is 0. The molecular weight excluding hydrogens is 209 g/mol. The molecule has 0 bridgehead atoms. The molecule has 2 aromatic rings. The van der Waals surface area contributed by atoms with E-state index < -0.39 is 0 Å². The monoisotopic (exact) mass is 219 g/mol. The van der Waals surface area contributed by atoms with E-state index >= 15 is 0 Å². The molecule has 0 saturated carbocycles. The molecule has 0 aliphatic heterocycles. The second-order valence-corrected chi connectivity index (χ2v) is 3.55. The van der Waals surface area contributed by atoms with E-state index in [9.17, 15) is 4.39 Å². The fourth-order valence-electron chi connectivity index (χ4n) is 1.42. The molecule has 0 spiro atoms. The Morgan fingerprint density at radius 3 is 3.12 bits per heavy atom. The Balaban J connectivity index is 2.23. The van der Waals surface area contributed by atoms with Crippen molar-refractivity contribution in [1.29, 1.82) is 5.26 Å². The lowest BCUT2D eigenvalue weighted by molar-refractivity contribution is 0.323. The van der Waals surface area contributed by atoms with Crippen LogP contribution in [-0.4, -0.2) is 23.5 Å². The maximum absolute atomic E-state index is 12.9. The summed E-state index contributed by atoms with van der Waals surface area (Å²) in [6.45, 7) is 0.733. The minimum Gasteiger partial charge on any atom is -0.439 e. The number of hydrogen-bond acceptors (Lipinski definition) is 4. The Kier molecular flexibility index (Phi) is 2.84. The topological polar surface area (TPSA) is 53.1 Å². The van der Waals surface area contributed by atoms with Crippen molar-refractivity contribution in [2.24, 2.45) is 0 Å². The molecule has 0 saturated heterocycles. The summed E-state index contributed by atoms with van der Waals surface area (Å²) in [5.74, 6) is 0.149. The molecule has 16 heavy (non-hydrogen) atoms. The van der Waals surface area contributed by atoms with Crippen molar-refractivity contribution < 1.29 is 8.81 Å². The van der Waals surface area contributed by atoms with Gasteiger partial charge < -0.3 is 4.42 Å². The smallest absolute Gasteiger partial charge is 0.209 e. The van der Waals surface area contributed by atoms with E-state index in [1.807, 2.05) is 6.07 Å². The summed E-state index contributed by atoms with van der Waals surface area (Å²) in [6, 6.07) is 6.23. The highest BCUT2D eigenvalue weighted by molar-refractivity contribution is 5.72. The van der Waals surface area contributed by atoms with Gasteiger partial charge in [0.05, 0.1) is 19.2 Å². The molecule has 0 aliphatic rings. The quantitative estimate of drug-likeness (QED) is 0.740. The number of oxazole rings is 1. The van der Waals surface area contributed by atoms with Gasteiger partial charge >= 0.3 is 0 Å². The number of aromatic nitrogens is 1. The zero-order valence-corrected chi connectivity index (χ0v) is 8.77. The van der Waals surface area contributed by atoms with Crippen LogP contribution in [0.5, 0.6) is 0 Å². The molecule has 5 heteroatoms. The van der Waals surface area contributed by atoms with E-state index in [2.05, 4.69) is 4.98 Å². The molecule has 0 fully saturated rings. The number of rotatable bonds is 3. The van der Waals surface area contributed by atoms with Crippen LogP contribution in [0.4, 0.5) is 4.39 Å². The van der Waals surface area contributed by atoms with Crippen molar-refractivity contribution in [3.63, 3.8) is 0 Å². The number of nitrogens with zero attached hydrogens (tertiary/aromatic N) is 3. The first-order valence-electron chi connectivity index (χ1n) is 4.79. The minimum absolute atomic E-state index is 0.299. The lowest BCUT2D eigenvalue weighted by atomic mass is 10.3. The minimum atomic E-state index is -0.335. The lowest BCUT2D eigenvalue weighted by Crippen LogP contribution is -2.17. The summed E-state index contributed by atoms with van der Waals surface area (Å²) in [5, 5.41) is 8.50. The van der Waals surface area contributed by atoms with E-state index in [-0.39, 0.29) is 5.82 Å². The fraction of sp³-hybridized carbons (Fsp3) is 0.273. The maximum Gasteiger partial charge on any atom is 0.209 e. The second-order valence-electron chi connectivity index (χ2n) is 3.55. The Hall–Kier alpha value is -1.93. The van der Waals surface area contributed by atoms with Crippen LogP contribution in [0.15, 0.2) is 22.6 Å². The van der Waals surface area contributed by atoms with Crippen molar-refractivity contribution in [2.75, 3.05) is 13.6 Å². The van der Waals surface area contributed by atoms with Gasteiger partial charge in [0.2, 0.25) is 5.89 Å². The van der Waals surface area contributed by atoms with Crippen LogP contribution in [-0.2, 0) is 6.54 Å². The molecule has 82 valence electrons. The summed E-state index contributed by atoms with van der Waals surface area (Å²) < 4.78 is 18.3. The average molecular weight is 219 g/mol. The van der Waals surface area contributed by atoms with E-state index in [0.29, 0.717) is 30.1 Å². The largest absolute Gasteiger partial charge is 0.439 e. The molecule has 0 radical (unpaired) electrons. The third-order valence-electron chi connectivity index (χ3n) is 2.14. The van der Waals surface area contributed by atoms with Gasteiger partial charge in [0.1, 0.15) is 11.3 Å². The standard InChI is InChI=1S/C11H10FN3O/c1-15(5-4-13)7-11-14-9-6-8(12)2-3-10(9)16-11/h2-3,6H,5,7H2,1H3. The molecular formula is C11H10FN3O. The van der Waals surface area contributed by atoms with Crippen LogP contribution in [0.2, 0.25) is 0 Å². The first kappa shape index (κ1) is 10.6. The van der Waals surface area contributed by atoms with E-state index in [4.69, 9.17) is 9.68 Å². The van der Waals surface area contributed by atoms with Crippen molar-refractivity contribution in [3.05, 3.63) is 29.9 Å². The number of halogens is 1. The molecule has 0 amide bonds. The van der Waals surface area contributed by atoms with Crippen LogP contribution in [0.3, 0.4) is 0 Å². The van der Waals surface area contributed by atoms with Crippen LogP contribution in [0.25, 0.3) is 11.1 Å². The Morgan fingerprint density at radius 1 is 1.56 bits per heavy atom. The van der Waals surface area contributed by atoms with Gasteiger partial charge in [-0.3, -0.25) is 4.90 Å². The van der Waals surface area contributed by atoms with Crippen molar-refractivity contribution in [2.45, 2.75) is 6.54 Å². The van der Waals surface area contributed by atoms with Crippen LogP contribution >= 0.6 is 0 Å². The normalized spacial score (nSPS) is 10.9. The van der Waals surface area contributed by atoms with Crippen molar-refractivity contribution in [3.8, 4) is 6.07 Å². The number of nitriles is 1. The third-order valence-corrected chi connectivity index (χ3v) is 2.14. The number of hydrogen-bond donors (Lipinski definition) is 0. The molecule has 0 unspecified atom stereocenters. The van der Waals surface area contributed by atoms with Crippen LogP contribution in [0.1, 0.15) is 5.89 Å². The Morgan fingerprint density at radius 2 is 2.38 bits per heavy atom. The summed E-state index contributed by atoms with van der Waals surface area (Å²) >= 11 is 0. The highest BCUT2D eigenvalue weighted by Crippen LogP contribution is 2.17. The van der Waals surface area contributed by atoms with Gasteiger partial charge in [0.25, 0.3) is 0 Å². The molecule has 1 heterocycles. The van der Waals surface area contributed by atoms with E-state index in [1.54, 1.807) is 18.0 Å². The molecule has 0 aliphatic carbocycles. The van der Waals surface area contributed by atoms with E-state index in [1.165, 1.54) is 12.1 Å². The predicted molar refractivity (Wildman–Crippen MR) is 55.9 cm³/mol. The molecule has 0 N–H and O–H groups in total. The zero-order valence-electron chi connectivity index (χ0n) is 8.77. The summed E-state index contributed by atoms with van der Waals surface area (Å²) in [7, 11) is 1.79. The lowest BCUT2D eigenvalue weighted by Gasteiger charge is -2.07. The first-order chi connectivity index (χ1) is 7.69. The summed E-state index contributed by atoms with van der Waals surface area (Å²) in [5.41, 5.74) is 1.06. The highest BCUT2D eigenvalue weighted by atomic mass is 19.1. The highest BCUT2D eigenvalue weighted by Gasteiger charge is 2.08. The number of fused-ring (bicyclic) bond motifs is 1. The SMILES string of the molecule is CN(CC#N)Cc1nc2cc(F)ccc2o1. The van der Waals surface area contributed by atoms with Gasteiger partial charge in [-0.1, -0.05) is 0 Å². The van der Waals surface area contributed by atoms with E-state index in [0.717, 1.165) is 0 Å². The Labute approximate surface area is 91.9 Å². The fourth-order valence-corrected chi connectivity index (χ4v) is 1.42. The molecule has 1 aromatic carbocycles. The van der Waals surface area contributed by atoms with Gasteiger partial charge in [-0.2, -0.15) is 5.26 Å². The van der Waals surface area contributed by atoms with Crippen molar-refractivity contribution >= 4 is 11.1 Å². The second kappa shape index (κ2) is 4.29. The van der Waals surface area contributed by atoms with Gasteiger partial charge in [-0.15, -0.1) is 0 Å². The van der Waals surface area contributed by atoms with Crippen LogP contribution < -0.4 is 0 Å². The molecule has 2 rings (SSSR count). The van der Waals surface area contributed by atoms with Gasteiger partial charge in [-0.25, -0.2) is 9.37 Å². The molecule has 4 nitrogen and oxygen atoms in total. The average Bonchev–Trinajstić information content (AvgIpc) is 2.59. The molecule has 1 aromatic heterocycles. The van der Waals surface area contributed by atoms with Gasteiger partial charge in [0, 0.05) is 6.07 Å². The zero-order chi connectivity index (χ0) is 11.5.